The molecule has 0 radical (unpaired) electrons. The lowest BCUT2D eigenvalue weighted by Gasteiger charge is -2.36. The summed E-state index contributed by atoms with van der Waals surface area (Å²) in [7, 11) is 0. The van der Waals surface area contributed by atoms with E-state index in [2.05, 4.69) is 15.0 Å². The Bertz CT molecular complexity index is 1100. The predicted molar refractivity (Wildman–Crippen MR) is 111 cm³/mol. The number of nitrogens with two attached hydrogens (primary N) is 1. The SMILES string of the molecule is CCCc1nccc2nc(N)c(N3CCC(C(F)(F)c4ccc(F)cc4F)CC3)nc12. The van der Waals surface area contributed by atoms with Gasteiger partial charge in [0, 0.05) is 31.3 Å². The highest BCUT2D eigenvalue weighted by Crippen LogP contribution is 2.43. The summed E-state index contributed by atoms with van der Waals surface area (Å²) in [5, 5.41) is 0. The molecule has 0 atom stereocenters. The molecular weight excluding hydrogens is 410 g/mol. The molecule has 2 N–H and O–H groups in total. The second-order valence-corrected chi connectivity index (χ2v) is 7.82. The van der Waals surface area contributed by atoms with E-state index < -0.39 is 29.0 Å². The zero-order valence-electron chi connectivity index (χ0n) is 17.1. The number of nitrogen functional groups attached to an aromatic ring is 1. The third-order valence-corrected chi connectivity index (χ3v) is 5.75. The topological polar surface area (TPSA) is 67.9 Å². The van der Waals surface area contributed by atoms with Crippen LogP contribution >= 0.6 is 0 Å². The first-order valence-electron chi connectivity index (χ1n) is 10.3. The van der Waals surface area contributed by atoms with Gasteiger partial charge in [-0.05, 0) is 37.5 Å². The van der Waals surface area contributed by atoms with E-state index in [9.17, 15) is 17.6 Å². The Morgan fingerprint density at radius 2 is 1.87 bits per heavy atom. The maximum atomic E-state index is 14.9. The lowest BCUT2D eigenvalue weighted by molar-refractivity contribution is -0.0761. The molecule has 1 fully saturated rings. The van der Waals surface area contributed by atoms with Crippen molar-refractivity contribution in [3.05, 3.63) is 53.4 Å². The van der Waals surface area contributed by atoms with Gasteiger partial charge in [0.25, 0.3) is 5.92 Å². The van der Waals surface area contributed by atoms with Crippen LogP contribution in [0.4, 0.5) is 29.2 Å². The van der Waals surface area contributed by atoms with Crippen molar-refractivity contribution in [2.75, 3.05) is 23.7 Å². The van der Waals surface area contributed by atoms with Crippen LogP contribution in [0.15, 0.2) is 30.5 Å². The van der Waals surface area contributed by atoms with Crippen LogP contribution < -0.4 is 10.6 Å². The summed E-state index contributed by atoms with van der Waals surface area (Å²) in [5.41, 5.74) is 7.48. The van der Waals surface area contributed by atoms with Crippen molar-refractivity contribution in [3.63, 3.8) is 0 Å². The number of hydrogen-bond donors (Lipinski definition) is 1. The molecular formula is C22H23F4N5. The largest absolute Gasteiger partial charge is 0.381 e. The Hall–Kier alpha value is -2.97. The van der Waals surface area contributed by atoms with Crippen molar-refractivity contribution in [2.45, 2.75) is 38.5 Å². The minimum absolute atomic E-state index is 0.109. The quantitative estimate of drug-likeness (QED) is 0.583. The van der Waals surface area contributed by atoms with Crippen LogP contribution in [-0.4, -0.2) is 28.0 Å². The van der Waals surface area contributed by atoms with Crippen LogP contribution in [0.1, 0.15) is 37.4 Å². The molecule has 9 heteroatoms. The molecule has 5 nitrogen and oxygen atoms in total. The summed E-state index contributed by atoms with van der Waals surface area (Å²) < 4.78 is 57.0. The number of halogens is 4. The summed E-state index contributed by atoms with van der Waals surface area (Å²) in [4.78, 5) is 15.3. The van der Waals surface area contributed by atoms with Crippen LogP contribution in [0.25, 0.3) is 11.0 Å². The Balaban J connectivity index is 1.56. The molecule has 1 aliphatic rings. The summed E-state index contributed by atoms with van der Waals surface area (Å²) in [5.74, 6) is -5.90. The van der Waals surface area contributed by atoms with Gasteiger partial charge in [-0.25, -0.2) is 27.5 Å². The predicted octanol–water partition coefficient (Wildman–Crippen LogP) is 4.85. The monoisotopic (exact) mass is 433 g/mol. The minimum Gasteiger partial charge on any atom is -0.381 e. The molecule has 2 aromatic heterocycles. The molecule has 3 aromatic rings. The molecule has 0 spiro atoms. The highest BCUT2D eigenvalue weighted by atomic mass is 19.3. The van der Waals surface area contributed by atoms with Gasteiger partial charge in [0.05, 0.1) is 16.8 Å². The molecule has 0 aliphatic carbocycles. The van der Waals surface area contributed by atoms with Crippen molar-refractivity contribution < 1.29 is 17.6 Å². The Labute approximate surface area is 177 Å². The fourth-order valence-corrected chi connectivity index (χ4v) is 4.13. The number of rotatable bonds is 5. The van der Waals surface area contributed by atoms with Crippen LogP contribution in [-0.2, 0) is 12.3 Å². The van der Waals surface area contributed by atoms with Gasteiger partial charge in [0.2, 0.25) is 0 Å². The van der Waals surface area contributed by atoms with Crippen LogP contribution in [0.2, 0.25) is 0 Å². The normalized spacial score (nSPS) is 15.6. The highest BCUT2D eigenvalue weighted by molar-refractivity contribution is 5.81. The van der Waals surface area contributed by atoms with E-state index in [0.717, 1.165) is 30.7 Å². The number of anilines is 2. The fraction of sp³-hybridized carbons (Fsp3) is 0.409. The van der Waals surface area contributed by atoms with Gasteiger partial charge in [-0.2, -0.15) is 0 Å². The first-order chi connectivity index (χ1) is 14.8. The number of pyridine rings is 1. The van der Waals surface area contributed by atoms with Gasteiger partial charge in [-0.3, -0.25) is 4.98 Å². The third kappa shape index (κ3) is 4.00. The molecule has 3 heterocycles. The van der Waals surface area contributed by atoms with Gasteiger partial charge in [0.15, 0.2) is 11.6 Å². The number of piperidine rings is 1. The number of nitrogens with zero attached hydrogens (tertiary/aromatic N) is 4. The lowest BCUT2D eigenvalue weighted by Crippen LogP contribution is -2.40. The van der Waals surface area contributed by atoms with Crippen molar-refractivity contribution in [1.29, 1.82) is 0 Å². The molecule has 1 aromatic carbocycles. The Morgan fingerprint density at radius 1 is 1.13 bits per heavy atom. The van der Waals surface area contributed by atoms with E-state index in [4.69, 9.17) is 5.73 Å². The molecule has 0 unspecified atom stereocenters. The van der Waals surface area contributed by atoms with Crippen molar-refractivity contribution in [2.24, 2.45) is 5.92 Å². The molecule has 0 amide bonds. The van der Waals surface area contributed by atoms with Crippen molar-refractivity contribution >= 4 is 22.7 Å². The van der Waals surface area contributed by atoms with Gasteiger partial charge in [-0.15, -0.1) is 0 Å². The average molecular weight is 433 g/mol. The minimum atomic E-state index is -3.40. The van der Waals surface area contributed by atoms with E-state index in [1.807, 2.05) is 11.8 Å². The van der Waals surface area contributed by atoms with Gasteiger partial charge < -0.3 is 10.6 Å². The molecule has 1 aliphatic heterocycles. The summed E-state index contributed by atoms with van der Waals surface area (Å²) in [6.07, 6.45) is 3.53. The highest BCUT2D eigenvalue weighted by Gasteiger charge is 2.44. The number of alkyl halides is 2. The van der Waals surface area contributed by atoms with E-state index in [0.29, 0.717) is 22.9 Å². The summed E-state index contributed by atoms with van der Waals surface area (Å²) >= 11 is 0. The van der Waals surface area contributed by atoms with Gasteiger partial charge in [0.1, 0.15) is 17.2 Å². The smallest absolute Gasteiger partial charge is 0.278 e. The number of benzene rings is 1. The van der Waals surface area contributed by atoms with E-state index in [1.165, 1.54) is 0 Å². The Morgan fingerprint density at radius 3 is 2.55 bits per heavy atom. The fourth-order valence-electron chi connectivity index (χ4n) is 4.13. The Kier molecular flexibility index (Phi) is 5.68. The first kappa shape index (κ1) is 21.3. The number of aromatic nitrogens is 3. The second-order valence-electron chi connectivity index (χ2n) is 7.82. The third-order valence-electron chi connectivity index (χ3n) is 5.75. The molecule has 0 bridgehead atoms. The van der Waals surface area contributed by atoms with Crippen molar-refractivity contribution in [1.82, 2.24) is 15.0 Å². The number of aryl methyl sites for hydroxylation is 1. The zero-order valence-corrected chi connectivity index (χ0v) is 17.1. The number of hydrogen-bond acceptors (Lipinski definition) is 5. The molecule has 4 rings (SSSR count). The molecule has 164 valence electrons. The molecule has 1 saturated heterocycles. The lowest BCUT2D eigenvalue weighted by atomic mass is 9.86. The van der Waals surface area contributed by atoms with E-state index >= 15 is 0 Å². The second kappa shape index (κ2) is 8.28. The molecule has 0 saturated carbocycles. The van der Waals surface area contributed by atoms with Crippen LogP contribution in [0, 0.1) is 17.6 Å². The van der Waals surface area contributed by atoms with Gasteiger partial charge >= 0.3 is 0 Å². The van der Waals surface area contributed by atoms with Crippen LogP contribution in [0.5, 0.6) is 0 Å². The molecule has 31 heavy (non-hydrogen) atoms. The average Bonchev–Trinajstić information content (AvgIpc) is 2.73. The standard InChI is InChI=1S/C22H23F4N5/c1-2-3-17-19-18(6-9-28-17)29-20(27)21(30-19)31-10-7-13(8-11-31)22(25,26)15-5-4-14(23)12-16(15)24/h4-6,9,12-13H,2-3,7-8,10-11H2,1H3,(H2,27,29). The summed E-state index contributed by atoms with van der Waals surface area (Å²) in [6, 6.07) is 3.91. The van der Waals surface area contributed by atoms with E-state index in [-0.39, 0.29) is 31.7 Å². The first-order valence-corrected chi connectivity index (χ1v) is 10.3. The maximum absolute atomic E-state index is 14.9. The maximum Gasteiger partial charge on any atom is 0.278 e. The zero-order chi connectivity index (χ0) is 22.2. The van der Waals surface area contributed by atoms with E-state index in [1.54, 1.807) is 12.3 Å². The number of fused-ring (bicyclic) bond motifs is 1. The van der Waals surface area contributed by atoms with Crippen molar-refractivity contribution in [3.8, 4) is 0 Å². The summed E-state index contributed by atoms with van der Waals surface area (Å²) in [6.45, 7) is 2.59. The van der Waals surface area contributed by atoms with Crippen LogP contribution in [0.3, 0.4) is 0 Å². The van der Waals surface area contributed by atoms with Gasteiger partial charge in [-0.1, -0.05) is 13.3 Å².